The molecule has 10 heteroatoms. The molecule has 0 bridgehead atoms. The van der Waals surface area contributed by atoms with Gasteiger partial charge in [0, 0.05) is 23.2 Å². The Labute approximate surface area is 205 Å². The summed E-state index contributed by atoms with van der Waals surface area (Å²) in [4.78, 5) is 27.4. The van der Waals surface area contributed by atoms with Crippen LogP contribution in [0.15, 0.2) is 42.5 Å². The van der Waals surface area contributed by atoms with Crippen molar-refractivity contribution in [3.63, 3.8) is 0 Å². The molecule has 2 rings (SSSR count). The zero-order valence-corrected chi connectivity index (χ0v) is 21.6. The summed E-state index contributed by atoms with van der Waals surface area (Å²) in [5.41, 5.74) is 1.18. The molecule has 0 aliphatic heterocycles. The molecule has 1 N–H and O–H groups in total. The Kier molecular flexibility index (Phi) is 9.46. The lowest BCUT2D eigenvalue weighted by Crippen LogP contribution is -2.52. The number of halogens is 2. The molecule has 2 aromatic carbocycles. The maximum Gasteiger partial charge on any atom is 0.244 e. The zero-order valence-electron chi connectivity index (χ0n) is 20.0. The number of nitrogens with one attached hydrogen (secondary N) is 1. The van der Waals surface area contributed by atoms with Crippen molar-refractivity contribution in [2.24, 2.45) is 0 Å². The summed E-state index contributed by atoms with van der Waals surface area (Å²) in [7, 11) is -3.87. The van der Waals surface area contributed by atoms with Crippen LogP contribution >= 0.6 is 11.6 Å². The van der Waals surface area contributed by atoms with E-state index in [4.69, 9.17) is 11.6 Å². The first-order valence-corrected chi connectivity index (χ1v) is 13.1. The van der Waals surface area contributed by atoms with Gasteiger partial charge in [0.15, 0.2) is 0 Å². The van der Waals surface area contributed by atoms with Crippen molar-refractivity contribution in [3.05, 3.63) is 64.4 Å². The lowest BCUT2D eigenvalue weighted by Gasteiger charge is -2.32. The number of benzene rings is 2. The van der Waals surface area contributed by atoms with Crippen LogP contribution in [0.5, 0.6) is 0 Å². The predicted molar refractivity (Wildman–Crippen MR) is 133 cm³/mol. The fourth-order valence-electron chi connectivity index (χ4n) is 3.21. The standard InChI is InChI=1S/C24H31ClFN3O4S/c1-6-17(3)27-24(31)18(4)28(14-19-9-7-8-10-22(19)26)23(30)15-29(34(5,32)33)20-12-11-16(2)21(25)13-20/h7-13,17-18H,6,14-15H2,1-5H3,(H,27,31)/t17-,18+/m1/s1. The number of carbonyl (C=O) groups excluding carboxylic acids is 2. The van der Waals surface area contributed by atoms with Crippen LogP contribution in [0.4, 0.5) is 10.1 Å². The minimum atomic E-state index is -3.87. The van der Waals surface area contributed by atoms with E-state index in [0.29, 0.717) is 11.4 Å². The second kappa shape index (κ2) is 11.7. The smallest absolute Gasteiger partial charge is 0.244 e. The summed E-state index contributed by atoms with van der Waals surface area (Å²) in [6.45, 7) is 6.27. The number of amides is 2. The fraction of sp³-hybridized carbons (Fsp3) is 0.417. The quantitative estimate of drug-likeness (QED) is 0.524. The summed E-state index contributed by atoms with van der Waals surface area (Å²) in [5, 5.41) is 3.17. The highest BCUT2D eigenvalue weighted by atomic mass is 35.5. The van der Waals surface area contributed by atoms with Gasteiger partial charge in [-0.15, -0.1) is 0 Å². The number of hydrogen-bond donors (Lipinski definition) is 1. The average Bonchev–Trinajstić information content (AvgIpc) is 2.77. The number of carbonyl (C=O) groups is 2. The maximum absolute atomic E-state index is 14.4. The van der Waals surface area contributed by atoms with Crippen LogP contribution in [0.3, 0.4) is 0 Å². The molecule has 0 saturated heterocycles. The molecule has 2 aromatic rings. The van der Waals surface area contributed by atoms with Crippen LogP contribution in [-0.2, 0) is 26.2 Å². The van der Waals surface area contributed by atoms with Crippen molar-refractivity contribution in [1.29, 1.82) is 0 Å². The lowest BCUT2D eigenvalue weighted by molar-refractivity contribution is -0.139. The van der Waals surface area contributed by atoms with Crippen LogP contribution in [0, 0.1) is 12.7 Å². The highest BCUT2D eigenvalue weighted by molar-refractivity contribution is 7.92. The maximum atomic E-state index is 14.4. The molecule has 2 amide bonds. The molecule has 0 radical (unpaired) electrons. The van der Waals surface area contributed by atoms with Crippen LogP contribution in [-0.4, -0.2) is 50.0 Å². The first-order chi connectivity index (χ1) is 15.8. The minimum Gasteiger partial charge on any atom is -0.352 e. The highest BCUT2D eigenvalue weighted by Crippen LogP contribution is 2.25. The number of aryl methyl sites for hydroxylation is 1. The fourth-order valence-corrected chi connectivity index (χ4v) is 4.23. The second-order valence-electron chi connectivity index (χ2n) is 8.31. The zero-order chi connectivity index (χ0) is 25.6. The molecule has 186 valence electrons. The Morgan fingerprint density at radius 2 is 1.79 bits per heavy atom. The number of rotatable bonds is 10. The number of hydrogen-bond acceptors (Lipinski definition) is 4. The molecule has 34 heavy (non-hydrogen) atoms. The van der Waals surface area contributed by atoms with Gasteiger partial charge in [0.1, 0.15) is 18.4 Å². The van der Waals surface area contributed by atoms with Gasteiger partial charge in [-0.2, -0.15) is 0 Å². The summed E-state index contributed by atoms with van der Waals surface area (Å²) < 4.78 is 40.4. The number of nitrogens with zero attached hydrogens (tertiary/aromatic N) is 2. The third-order valence-electron chi connectivity index (χ3n) is 5.59. The van der Waals surface area contributed by atoms with Gasteiger partial charge in [-0.05, 0) is 51.0 Å². The molecule has 0 heterocycles. The Morgan fingerprint density at radius 1 is 1.15 bits per heavy atom. The van der Waals surface area contributed by atoms with Gasteiger partial charge in [0.25, 0.3) is 0 Å². The molecule has 0 saturated carbocycles. The van der Waals surface area contributed by atoms with Crippen LogP contribution in [0.1, 0.15) is 38.3 Å². The Hall–Kier alpha value is -2.65. The van der Waals surface area contributed by atoms with Gasteiger partial charge in [0.05, 0.1) is 11.9 Å². The number of sulfonamides is 1. The summed E-state index contributed by atoms with van der Waals surface area (Å²) >= 11 is 6.17. The van der Waals surface area contributed by atoms with E-state index in [1.165, 1.54) is 36.1 Å². The van der Waals surface area contributed by atoms with Crippen molar-refractivity contribution in [2.75, 3.05) is 17.1 Å². The van der Waals surface area contributed by atoms with E-state index in [0.717, 1.165) is 16.1 Å². The monoisotopic (exact) mass is 511 g/mol. The molecular formula is C24H31ClFN3O4S. The van der Waals surface area contributed by atoms with E-state index in [1.807, 2.05) is 13.8 Å². The largest absolute Gasteiger partial charge is 0.352 e. The normalized spacial score (nSPS) is 13.1. The van der Waals surface area contributed by atoms with Gasteiger partial charge in [0.2, 0.25) is 21.8 Å². The first kappa shape index (κ1) is 27.6. The van der Waals surface area contributed by atoms with E-state index >= 15 is 0 Å². The van der Waals surface area contributed by atoms with E-state index in [9.17, 15) is 22.4 Å². The third kappa shape index (κ3) is 7.17. The number of anilines is 1. The van der Waals surface area contributed by atoms with Gasteiger partial charge in [-0.25, -0.2) is 12.8 Å². The van der Waals surface area contributed by atoms with Crippen LogP contribution in [0.2, 0.25) is 5.02 Å². The summed E-state index contributed by atoms with van der Waals surface area (Å²) in [6, 6.07) is 9.51. The first-order valence-electron chi connectivity index (χ1n) is 10.9. The predicted octanol–water partition coefficient (Wildman–Crippen LogP) is 3.89. The molecular weight excluding hydrogens is 481 g/mol. The highest BCUT2D eigenvalue weighted by Gasteiger charge is 2.31. The Bertz CT molecular complexity index is 1140. The Balaban J connectivity index is 2.42. The topological polar surface area (TPSA) is 86.8 Å². The molecule has 0 aliphatic rings. The van der Waals surface area contributed by atoms with E-state index < -0.39 is 40.2 Å². The molecule has 2 atom stereocenters. The molecule has 0 fully saturated rings. The molecule has 0 unspecified atom stereocenters. The van der Waals surface area contributed by atoms with E-state index in [1.54, 1.807) is 25.1 Å². The second-order valence-corrected chi connectivity index (χ2v) is 10.6. The minimum absolute atomic E-state index is 0.123. The summed E-state index contributed by atoms with van der Waals surface area (Å²) in [5.74, 6) is -1.60. The van der Waals surface area contributed by atoms with Crippen molar-refractivity contribution in [3.8, 4) is 0 Å². The van der Waals surface area contributed by atoms with Crippen molar-refractivity contribution in [2.45, 2.75) is 52.7 Å². The SMILES string of the molecule is CC[C@@H](C)NC(=O)[C@H](C)N(Cc1ccccc1F)C(=O)CN(c1ccc(C)c(Cl)c1)S(C)(=O)=O. The molecule has 0 spiro atoms. The van der Waals surface area contributed by atoms with E-state index in [-0.39, 0.29) is 23.8 Å². The van der Waals surface area contributed by atoms with Crippen molar-refractivity contribution >= 4 is 39.1 Å². The molecule has 0 aromatic heterocycles. The molecule has 7 nitrogen and oxygen atoms in total. The van der Waals surface area contributed by atoms with Crippen molar-refractivity contribution < 1.29 is 22.4 Å². The molecule has 0 aliphatic carbocycles. The van der Waals surface area contributed by atoms with Gasteiger partial charge < -0.3 is 10.2 Å². The third-order valence-corrected chi connectivity index (χ3v) is 7.14. The summed E-state index contributed by atoms with van der Waals surface area (Å²) in [6.07, 6.45) is 1.67. The Morgan fingerprint density at radius 3 is 2.35 bits per heavy atom. The van der Waals surface area contributed by atoms with Gasteiger partial charge >= 0.3 is 0 Å². The van der Waals surface area contributed by atoms with Crippen LogP contribution < -0.4 is 9.62 Å². The van der Waals surface area contributed by atoms with Gasteiger partial charge in [-0.3, -0.25) is 13.9 Å². The van der Waals surface area contributed by atoms with E-state index in [2.05, 4.69) is 5.32 Å². The van der Waals surface area contributed by atoms with Gasteiger partial charge in [-0.1, -0.05) is 42.8 Å². The average molecular weight is 512 g/mol. The van der Waals surface area contributed by atoms with Crippen LogP contribution in [0.25, 0.3) is 0 Å². The van der Waals surface area contributed by atoms with Crippen molar-refractivity contribution in [1.82, 2.24) is 10.2 Å². The lowest BCUT2D eigenvalue weighted by atomic mass is 10.1.